The molecule has 4 aromatic rings. The predicted octanol–water partition coefficient (Wildman–Crippen LogP) is 2.78. The molecule has 2 heterocycles. The average molecular weight is 379 g/mol. The van der Waals surface area contributed by atoms with Gasteiger partial charge in [-0.25, -0.2) is 14.3 Å². The van der Waals surface area contributed by atoms with Crippen molar-refractivity contribution in [2.75, 3.05) is 26.6 Å². The van der Waals surface area contributed by atoms with Crippen LogP contribution in [-0.4, -0.2) is 40.6 Å². The van der Waals surface area contributed by atoms with E-state index in [0.717, 1.165) is 16.7 Å². The van der Waals surface area contributed by atoms with E-state index in [1.807, 2.05) is 36.4 Å². The van der Waals surface area contributed by atoms with E-state index in [2.05, 4.69) is 15.3 Å². The van der Waals surface area contributed by atoms with Gasteiger partial charge in [0.1, 0.15) is 28.7 Å². The van der Waals surface area contributed by atoms with Crippen LogP contribution in [0.15, 0.2) is 47.3 Å². The Balaban J connectivity index is 1.98. The molecule has 144 valence electrons. The second-order valence-corrected chi connectivity index (χ2v) is 6.29. The summed E-state index contributed by atoms with van der Waals surface area (Å²) in [4.78, 5) is 20.9. The molecule has 0 fully saturated rings. The molecule has 0 spiro atoms. The number of H-pyrrole nitrogens is 1. The van der Waals surface area contributed by atoms with Gasteiger partial charge in [0.25, 0.3) is 5.56 Å². The van der Waals surface area contributed by atoms with Crippen molar-refractivity contribution in [3.63, 3.8) is 0 Å². The summed E-state index contributed by atoms with van der Waals surface area (Å²) < 4.78 is 14.1. The molecular weight excluding hydrogens is 358 g/mol. The Kier molecular flexibility index (Phi) is 4.31. The lowest BCUT2D eigenvalue weighted by atomic mass is 10.2. The van der Waals surface area contributed by atoms with Gasteiger partial charge < -0.3 is 19.8 Å². The summed E-state index contributed by atoms with van der Waals surface area (Å²) >= 11 is 0. The normalized spacial score (nSPS) is 11.0. The molecule has 0 saturated heterocycles. The zero-order valence-electron chi connectivity index (χ0n) is 16.1. The Morgan fingerprint density at radius 2 is 1.75 bits per heavy atom. The second kappa shape index (κ2) is 6.80. The van der Waals surface area contributed by atoms with E-state index in [9.17, 15) is 4.79 Å². The molecule has 2 aromatic heterocycles. The van der Waals surface area contributed by atoms with Crippen LogP contribution in [0.5, 0.6) is 11.5 Å². The Hall–Kier alpha value is -3.68. The van der Waals surface area contributed by atoms with Crippen molar-refractivity contribution >= 4 is 16.9 Å². The molecule has 0 unspecified atom stereocenters. The van der Waals surface area contributed by atoms with Gasteiger partial charge in [0, 0.05) is 32.3 Å². The van der Waals surface area contributed by atoms with Crippen LogP contribution >= 0.6 is 0 Å². The summed E-state index contributed by atoms with van der Waals surface area (Å²) in [6.45, 7) is 0. The standard InChI is InChI=1S/C20H21N5O3/c1-21-19-17(18-22-15-7-5-6-8-16(15)23-18)20(26)24(2)25(19)12-9-13(27-3)11-14(10-12)28-4/h5-11,21H,1-4H3,(H,22,23). The number of aromatic nitrogens is 4. The number of anilines is 1. The minimum absolute atomic E-state index is 0.176. The number of ether oxygens (including phenoxy) is 2. The van der Waals surface area contributed by atoms with Gasteiger partial charge in [0.2, 0.25) is 0 Å². The molecule has 0 aliphatic carbocycles. The first-order valence-electron chi connectivity index (χ1n) is 8.75. The highest BCUT2D eigenvalue weighted by Crippen LogP contribution is 2.31. The number of nitrogens with zero attached hydrogens (tertiary/aromatic N) is 3. The van der Waals surface area contributed by atoms with Gasteiger partial charge in [0.15, 0.2) is 0 Å². The summed E-state index contributed by atoms with van der Waals surface area (Å²) in [5, 5.41) is 3.14. The molecule has 2 aromatic carbocycles. The fourth-order valence-electron chi connectivity index (χ4n) is 3.34. The van der Waals surface area contributed by atoms with Crippen LogP contribution in [0, 0.1) is 0 Å². The molecular formula is C20H21N5O3. The monoisotopic (exact) mass is 379 g/mol. The first-order chi connectivity index (χ1) is 13.6. The van der Waals surface area contributed by atoms with Crippen molar-refractivity contribution in [3.8, 4) is 28.6 Å². The smallest absolute Gasteiger partial charge is 0.280 e. The molecule has 8 heteroatoms. The fourth-order valence-corrected chi connectivity index (χ4v) is 3.34. The van der Waals surface area contributed by atoms with E-state index >= 15 is 0 Å². The topological polar surface area (TPSA) is 86.1 Å². The first-order valence-corrected chi connectivity index (χ1v) is 8.75. The highest BCUT2D eigenvalue weighted by Gasteiger charge is 2.23. The average Bonchev–Trinajstić information content (AvgIpc) is 3.25. The zero-order valence-corrected chi connectivity index (χ0v) is 16.1. The number of hydrogen-bond acceptors (Lipinski definition) is 5. The van der Waals surface area contributed by atoms with Crippen LogP contribution < -0.4 is 20.3 Å². The number of para-hydroxylation sites is 2. The van der Waals surface area contributed by atoms with Crippen molar-refractivity contribution in [2.24, 2.45) is 7.05 Å². The lowest BCUT2D eigenvalue weighted by Crippen LogP contribution is -2.19. The Morgan fingerprint density at radius 3 is 2.36 bits per heavy atom. The van der Waals surface area contributed by atoms with E-state index in [-0.39, 0.29) is 5.56 Å². The van der Waals surface area contributed by atoms with E-state index < -0.39 is 0 Å². The Labute approximate surface area is 161 Å². The number of methoxy groups -OCH3 is 2. The van der Waals surface area contributed by atoms with Gasteiger partial charge in [-0.3, -0.25) is 4.79 Å². The van der Waals surface area contributed by atoms with Gasteiger partial charge in [-0.15, -0.1) is 0 Å². The van der Waals surface area contributed by atoms with Crippen molar-refractivity contribution in [1.82, 2.24) is 19.3 Å². The van der Waals surface area contributed by atoms with E-state index in [4.69, 9.17) is 9.47 Å². The van der Waals surface area contributed by atoms with Gasteiger partial charge in [-0.1, -0.05) is 12.1 Å². The highest BCUT2D eigenvalue weighted by atomic mass is 16.5. The van der Waals surface area contributed by atoms with Gasteiger partial charge in [-0.2, -0.15) is 0 Å². The molecule has 0 amide bonds. The third kappa shape index (κ3) is 2.70. The molecule has 0 radical (unpaired) electrons. The number of benzene rings is 2. The van der Waals surface area contributed by atoms with E-state index in [1.54, 1.807) is 39.1 Å². The largest absolute Gasteiger partial charge is 0.497 e. The number of rotatable bonds is 5. The number of nitrogens with one attached hydrogen (secondary N) is 2. The molecule has 0 saturated carbocycles. The van der Waals surface area contributed by atoms with Crippen molar-refractivity contribution in [2.45, 2.75) is 0 Å². The van der Waals surface area contributed by atoms with Crippen LogP contribution in [-0.2, 0) is 7.05 Å². The van der Waals surface area contributed by atoms with E-state index in [0.29, 0.717) is 28.7 Å². The maximum Gasteiger partial charge on any atom is 0.280 e. The van der Waals surface area contributed by atoms with Crippen LogP contribution in [0.1, 0.15) is 0 Å². The summed E-state index contributed by atoms with van der Waals surface area (Å²) in [6.07, 6.45) is 0. The zero-order chi connectivity index (χ0) is 19.8. The SMILES string of the molecule is CNc1c(-c2nc3ccccc3[nH]2)c(=O)n(C)n1-c1cc(OC)cc(OC)c1. The van der Waals surface area contributed by atoms with Crippen LogP contribution in [0.2, 0.25) is 0 Å². The minimum Gasteiger partial charge on any atom is -0.497 e. The number of imidazole rings is 1. The Morgan fingerprint density at radius 1 is 1.07 bits per heavy atom. The molecule has 28 heavy (non-hydrogen) atoms. The van der Waals surface area contributed by atoms with Crippen LogP contribution in [0.25, 0.3) is 28.1 Å². The highest BCUT2D eigenvalue weighted by molar-refractivity contribution is 5.82. The summed E-state index contributed by atoms with van der Waals surface area (Å²) in [6, 6.07) is 13.1. The summed E-state index contributed by atoms with van der Waals surface area (Å²) in [5.41, 5.74) is 2.69. The fraction of sp³-hybridized carbons (Fsp3) is 0.200. The van der Waals surface area contributed by atoms with Crippen LogP contribution in [0.4, 0.5) is 5.82 Å². The minimum atomic E-state index is -0.176. The lowest BCUT2D eigenvalue weighted by molar-refractivity contribution is 0.393. The molecule has 0 aliphatic rings. The quantitative estimate of drug-likeness (QED) is 0.557. The Bertz CT molecular complexity index is 1160. The maximum atomic E-state index is 13.1. The molecule has 2 N–H and O–H groups in total. The van der Waals surface area contributed by atoms with Gasteiger partial charge >= 0.3 is 0 Å². The summed E-state index contributed by atoms with van der Waals surface area (Å²) in [5.74, 6) is 2.38. The second-order valence-electron chi connectivity index (χ2n) is 6.29. The molecule has 0 bridgehead atoms. The third-order valence-corrected chi connectivity index (χ3v) is 4.70. The van der Waals surface area contributed by atoms with Crippen molar-refractivity contribution in [3.05, 3.63) is 52.8 Å². The molecule has 0 atom stereocenters. The van der Waals surface area contributed by atoms with Crippen LogP contribution in [0.3, 0.4) is 0 Å². The number of fused-ring (bicyclic) bond motifs is 1. The maximum absolute atomic E-state index is 13.1. The van der Waals surface area contributed by atoms with Gasteiger partial charge in [0.05, 0.1) is 30.9 Å². The molecule has 4 rings (SSSR count). The molecule has 0 aliphatic heterocycles. The van der Waals surface area contributed by atoms with Crippen molar-refractivity contribution < 1.29 is 9.47 Å². The first kappa shape index (κ1) is 17.7. The summed E-state index contributed by atoms with van der Waals surface area (Å²) in [7, 11) is 6.66. The number of aromatic amines is 1. The van der Waals surface area contributed by atoms with E-state index in [1.165, 1.54) is 4.68 Å². The van der Waals surface area contributed by atoms with Crippen molar-refractivity contribution in [1.29, 1.82) is 0 Å². The third-order valence-electron chi connectivity index (χ3n) is 4.70. The number of hydrogen-bond donors (Lipinski definition) is 2. The molecule has 8 nitrogen and oxygen atoms in total. The predicted molar refractivity (Wildman–Crippen MR) is 109 cm³/mol. The van der Waals surface area contributed by atoms with Gasteiger partial charge in [-0.05, 0) is 12.1 Å². The lowest BCUT2D eigenvalue weighted by Gasteiger charge is -2.14.